The maximum atomic E-state index is 13.6. The van der Waals surface area contributed by atoms with E-state index in [1.165, 1.54) is 0 Å². The number of hydrogen-bond acceptors (Lipinski definition) is 5. The molecule has 9 nitrogen and oxygen atoms in total. The summed E-state index contributed by atoms with van der Waals surface area (Å²) in [5.74, 6) is 0.240. The Hall–Kier alpha value is -2.16. The van der Waals surface area contributed by atoms with Gasteiger partial charge in [0.05, 0.1) is 12.6 Å². The lowest BCUT2D eigenvalue weighted by Crippen LogP contribution is -2.55. The summed E-state index contributed by atoms with van der Waals surface area (Å²) in [4.78, 5) is 57.2. The third-order valence-electron chi connectivity index (χ3n) is 7.31. The Bertz CT molecular complexity index is 694. The SMILES string of the molecule is CC(C)[C@@H](CN1CCCC1C(=O)N1CCCC1C(=O)N1CCCC1)N(C)C(=O)CNC=O. The van der Waals surface area contributed by atoms with Gasteiger partial charge in [-0.3, -0.25) is 24.1 Å². The van der Waals surface area contributed by atoms with Gasteiger partial charge in [-0.2, -0.15) is 0 Å². The van der Waals surface area contributed by atoms with Crippen LogP contribution in [0.2, 0.25) is 0 Å². The van der Waals surface area contributed by atoms with E-state index in [9.17, 15) is 19.2 Å². The summed E-state index contributed by atoms with van der Waals surface area (Å²) in [5.41, 5.74) is 0. The van der Waals surface area contributed by atoms with Gasteiger partial charge in [0, 0.05) is 39.3 Å². The molecule has 3 aliphatic rings. The third kappa shape index (κ3) is 5.42. The normalized spacial score (nSPS) is 24.8. The van der Waals surface area contributed by atoms with Crippen molar-refractivity contribution in [1.82, 2.24) is 24.9 Å². The molecular weight excluding hydrogens is 410 g/mol. The summed E-state index contributed by atoms with van der Waals surface area (Å²) in [5, 5.41) is 2.44. The van der Waals surface area contributed by atoms with Crippen LogP contribution in [0.4, 0.5) is 0 Å². The summed E-state index contributed by atoms with van der Waals surface area (Å²) in [7, 11) is 1.76. The average Bonchev–Trinajstić information content (AvgIpc) is 3.55. The molecule has 0 spiro atoms. The van der Waals surface area contributed by atoms with E-state index in [4.69, 9.17) is 0 Å². The molecule has 3 saturated heterocycles. The first kappa shape index (κ1) is 24.5. The van der Waals surface area contributed by atoms with E-state index >= 15 is 0 Å². The van der Waals surface area contributed by atoms with Gasteiger partial charge in [0.25, 0.3) is 0 Å². The molecule has 32 heavy (non-hydrogen) atoms. The molecule has 1 N–H and O–H groups in total. The molecule has 3 fully saturated rings. The van der Waals surface area contributed by atoms with Gasteiger partial charge >= 0.3 is 0 Å². The van der Waals surface area contributed by atoms with Crippen LogP contribution in [0.3, 0.4) is 0 Å². The number of amides is 4. The van der Waals surface area contributed by atoms with Gasteiger partial charge in [-0.25, -0.2) is 0 Å². The highest BCUT2D eigenvalue weighted by molar-refractivity contribution is 5.90. The van der Waals surface area contributed by atoms with Crippen LogP contribution in [0.25, 0.3) is 0 Å². The summed E-state index contributed by atoms with van der Waals surface area (Å²) in [6.07, 6.45) is 5.98. The zero-order valence-electron chi connectivity index (χ0n) is 19.8. The smallest absolute Gasteiger partial charge is 0.245 e. The minimum atomic E-state index is -0.317. The van der Waals surface area contributed by atoms with E-state index in [1.54, 1.807) is 11.9 Å². The molecule has 0 aliphatic carbocycles. The summed E-state index contributed by atoms with van der Waals surface area (Å²) < 4.78 is 0. The third-order valence-corrected chi connectivity index (χ3v) is 7.31. The number of nitrogens with zero attached hydrogens (tertiary/aromatic N) is 4. The molecule has 0 bridgehead atoms. The van der Waals surface area contributed by atoms with Crippen LogP contribution in [0.1, 0.15) is 52.4 Å². The number of rotatable bonds is 9. The second kappa shape index (κ2) is 11.1. The first-order chi connectivity index (χ1) is 15.3. The number of carbonyl (C=O) groups is 4. The van der Waals surface area contributed by atoms with Crippen molar-refractivity contribution in [3.05, 3.63) is 0 Å². The molecule has 180 valence electrons. The Morgan fingerprint density at radius 3 is 2.28 bits per heavy atom. The molecule has 0 aromatic rings. The first-order valence-corrected chi connectivity index (χ1v) is 12.1. The van der Waals surface area contributed by atoms with E-state index in [1.807, 2.05) is 9.80 Å². The fourth-order valence-corrected chi connectivity index (χ4v) is 5.41. The van der Waals surface area contributed by atoms with Crippen molar-refractivity contribution in [1.29, 1.82) is 0 Å². The van der Waals surface area contributed by atoms with E-state index in [0.29, 0.717) is 19.5 Å². The van der Waals surface area contributed by atoms with Crippen LogP contribution in [-0.4, -0.2) is 108 Å². The molecule has 3 rings (SSSR count). The predicted octanol–water partition coefficient (Wildman–Crippen LogP) is 0.293. The molecule has 2 unspecified atom stereocenters. The van der Waals surface area contributed by atoms with Gasteiger partial charge in [-0.1, -0.05) is 13.8 Å². The van der Waals surface area contributed by atoms with Crippen molar-refractivity contribution >= 4 is 24.1 Å². The lowest BCUT2D eigenvalue weighted by molar-refractivity contribution is -0.146. The molecule has 9 heteroatoms. The summed E-state index contributed by atoms with van der Waals surface area (Å²) in [6, 6.07) is -0.618. The highest BCUT2D eigenvalue weighted by Gasteiger charge is 2.43. The zero-order valence-corrected chi connectivity index (χ0v) is 19.8. The van der Waals surface area contributed by atoms with E-state index < -0.39 is 0 Å². The number of likely N-dealkylation sites (N-methyl/N-ethyl adjacent to an activating group) is 1. The Morgan fingerprint density at radius 1 is 0.969 bits per heavy atom. The van der Waals surface area contributed by atoms with Gasteiger partial charge in [-0.15, -0.1) is 0 Å². The van der Waals surface area contributed by atoms with Crippen LogP contribution in [0, 0.1) is 5.92 Å². The average molecular weight is 450 g/mol. The summed E-state index contributed by atoms with van der Waals surface area (Å²) >= 11 is 0. The monoisotopic (exact) mass is 449 g/mol. The second-order valence-corrected chi connectivity index (χ2v) is 9.69. The first-order valence-electron chi connectivity index (χ1n) is 12.1. The molecular formula is C23H39N5O4. The van der Waals surface area contributed by atoms with Crippen molar-refractivity contribution in [3.8, 4) is 0 Å². The van der Waals surface area contributed by atoms with E-state index in [2.05, 4.69) is 24.1 Å². The standard InChI is InChI=1S/C23H39N5O4/c1-17(2)20(25(3)21(30)14-24-16-29)15-27-12-6-8-18(27)23(32)28-13-7-9-19(28)22(31)26-10-4-5-11-26/h16-20H,4-15H2,1-3H3,(H,24,29)/t18?,19?,20-/m1/s1. The second-order valence-electron chi connectivity index (χ2n) is 9.69. The molecule has 0 radical (unpaired) electrons. The van der Waals surface area contributed by atoms with Crippen LogP contribution in [-0.2, 0) is 19.2 Å². The lowest BCUT2D eigenvalue weighted by Gasteiger charge is -2.37. The quantitative estimate of drug-likeness (QED) is 0.511. The predicted molar refractivity (Wildman–Crippen MR) is 121 cm³/mol. The topological polar surface area (TPSA) is 93.3 Å². The van der Waals surface area contributed by atoms with E-state index in [0.717, 1.165) is 58.2 Å². The van der Waals surface area contributed by atoms with Gasteiger partial charge in [0.15, 0.2) is 0 Å². The largest absolute Gasteiger partial charge is 0.350 e. The molecule has 0 aromatic carbocycles. The highest BCUT2D eigenvalue weighted by atomic mass is 16.2. The fraction of sp³-hybridized carbons (Fsp3) is 0.826. The van der Waals surface area contributed by atoms with Gasteiger partial charge in [-0.05, 0) is 51.0 Å². The van der Waals surface area contributed by atoms with Crippen LogP contribution >= 0.6 is 0 Å². The number of likely N-dealkylation sites (tertiary alicyclic amines) is 3. The Morgan fingerprint density at radius 2 is 1.62 bits per heavy atom. The van der Waals surface area contributed by atoms with Crippen LogP contribution in [0.15, 0.2) is 0 Å². The Kier molecular flexibility index (Phi) is 8.51. The molecule has 0 aromatic heterocycles. The van der Waals surface area contributed by atoms with Crippen LogP contribution < -0.4 is 5.32 Å². The molecule has 3 aliphatic heterocycles. The van der Waals surface area contributed by atoms with Crippen molar-refractivity contribution in [2.45, 2.75) is 70.5 Å². The molecule has 3 heterocycles. The van der Waals surface area contributed by atoms with Crippen molar-refractivity contribution in [2.75, 3.05) is 46.3 Å². The van der Waals surface area contributed by atoms with Crippen molar-refractivity contribution < 1.29 is 19.2 Å². The van der Waals surface area contributed by atoms with Crippen molar-refractivity contribution in [2.24, 2.45) is 5.92 Å². The van der Waals surface area contributed by atoms with Gasteiger partial charge < -0.3 is 20.0 Å². The fourth-order valence-electron chi connectivity index (χ4n) is 5.41. The van der Waals surface area contributed by atoms with Gasteiger partial charge in [0.1, 0.15) is 6.04 Å². The van der Waals surface area contributed by atoms with Gasteiger partial charge in [0.2, 0.25) is 24.1 Å². The zero-order chi connectivity index (χ0) is 23.3. The number of carbonyl (C=O) groups excluding carboxylic acids is 4. The Labute approximate surface area is 191 Å². The number of hydrogen-bond donors (Lipinski definition) is 1. The highest BCUT2D eigenvalue weighted by Crippen LogP contribution is 2.27. The minimum absolute atomic E-state index is 0.0281. The minimum Gasteiger partial charge on any atom is -0.350 e. The van der Waals surface area contributed by atoms with E-state index in [-0.39, 0.29) is 48.3 Å². The molecule has 0 saturated carbocycles. The maximum Gasteiger partial charge on any atom is 0.245 e. The lowest BCUT2D eigenvalue weighted by atomic mass is 10.0. The maximum absolute atomic E-state index is 13.6. The Balaban J connectivity index is 1.66. The molecule has 3 atom stereocenters. The number of nitrogens with one attached hydrogen (secondary N) is 1. The summed E-state index contributed by atoms with van der Waals surface area (Å²) in [6.45, 7) is 7.79. The van der Waals surface area contributed by atoms with Crippen LogP contribution in [0.5, 0.6) is 0 Å². The van der Waals surface area contributed by atoms with Crippen molar-refractivity contribution in [3.63, 3.8) is 0 Å². The molecule has 4 amide bonds.